The number of hydrogen-bond donors (Lipinski definition) is 9. The molecule has 2 amide bonds. The van der Waals surface area contributed by atoms with Gasteiger partial charge in [-0.05, 0) is 67.7 Å². The molecular formula is C24H38N10O4. The zero-order valence-electron chi connectivity index (χ0n) is 21.2. The molecule has 3 atom stereocenters. The molecule has 0 aliphatic carbocycles. The summed E-state index contributed by atoms with van der Waals surface area (Å²) in [7, 11) is 0. The number of benzene rings is 1. The minimum Gasteiger partial charge on any atom is -0.480 e. The Balaban J connectivity index is 2.07. The summed E-state index contributed by atoms with van der Waals surface area (Å²) in [6, 6.07) is 4.70. The van der Waals surface area contributed by atoms with E-state index in [4.69, 9.17) is 28.7 Å². The highest BCUT2D eigenvalue weighted by Crippen LogP contribution is 2.16. The fourth-order valence-electron chi connectivity index (χ4n) is 3.80. The van der Waals surface area contributed by atoms with Gasteiger partial charge in [0, 0.05) is 24.8 Å². The van der Waals surface area contributed by atoms with Crippen LogP contribution in [0.15, 0.2) is 40.4 Å². The van der Waals surface area contributed by atoms with E-state index in [0.29, 0.717) is 32.2 Å². The molecule has 14 N–H and O–H groups in total. The monoisotopic (exact) mass is 530 g/mol. The van der Waals surface area contributed by atoms with Crippen LogP contribution in [0.2, 0.25) is 0 Å². The zero-order chi connectivity index (χ0) is 28.1. The van der Waals surface area contributed by atoms with Crippen molar-refractivity contribution in [3.05, 3.63) is 36.0 Å². The SMILES string of the molecule is NC(N)=NCCC[C@@H](N)C(=O)N[C@@H](CCc1ccc2[nH]ccc2c1)C(=O)N[C@H](CCCN=C(N)N)C(=O)O. The molecule has 14 heteroatoms. The van der Waals surface area contributed by atoms with Gasteiger partial charge in [-0.2, -0.15) is 0 Å². The predicted molar refractivity (Wildman–Crippen MR) is 146 cm³/mol. The van der Waals surface area contributed by atoms with E-state index in [-0.39, 0.29) is 31.3 Å². The van der Waals surface area contributed by atoms with Crippen LogP contribution in [0.3, 0.4) is 0 Å². The fourth-order valence-corrected chi connectivity index (χ4v) is 3.80. The molecule has 0 aliphatic rings. The first-order valence-corrected chi connectivity index (χ1v) is 12.3. The smallest absolute Gasteiger partial charge is 0.326 e. The first kappa shape index (κ1) is 29.9. The van der Waals surface area contributed by atoms with Gasteiger partial charge in [-0.3, -0.25) is 19.6 Å². The number of guanidine groups is 2. The van der Waals surface area contributed by atoms with Crippen molar-refractivity contribution >= 4 is 40.6 Å². The first-order valence-electron chi connectivity index (χ1n) is 12.3. The van der Waals surface area contributed by atoms with E-state index in [0.717, 1.165) is 16.5 Å². The van der Waals surface area contributed by atoms with Crippen molar-refractivity contribution in [3.8, 4) is 0 Å². The van der Waals surface area contributed by atoms with E-state index < -0.39 is 35.9 Å². The summed E-state index contributed by atoms with van der Waals surface area (Å²) in [6.07, 6.45) is 3.73. The van der Waals surface area contributed by atoms with E-state index in [1.54, 1.807) is 0 Å². The summed E-state index contributed by atoms with van der Waals surface area (Å²) in [5, 5.41) is 15.8. The summed E-state index contributed by atoms with van der Waals surface area (Å²) < 4.78 is 0. The molecule has 38 heavy (non-hydrogen) atoms. The van der Waals surface area contributed by atoms with Crippen LogP contribution < -0.4 is 39.3 Å². The molecule has 1 aromatic heterocycles. The second-order valence-corrected chi connectivity index (χ2v) is 8.90. The van der Waals surface area contributed by atoms with Gasteiger partial charge >= 0.3 is 5.97 Å². The molecule has 2 rings (SSSR count). The Morgan fingerprint density at radius 3 is 2.13 bits per heavy atom. The van der Waals surface area contributed by atoms with Crippen molar-refractivity contribution in [1.82, 2.24) is 15.6 Å². The van der Waals surface area contributed by atoms with E-state index in [1.807, 2.05) is 30.5 Å². The van der Waals surface area contributed by atoms with Crippen LogP contribution in [0, 0.1) is 0 Å². The lowest BCUT2D eigenvalue weighted by Crippen LogP contribution is -2.54. The molecule has 0 aliphatic heterocycles. The Bertz CT molecular complexity index is 1140. The van der Waals surface area contributed by atoms with Crippen LogP contribution in [0.25, 0.3) is 10.9 Å². The van der Waals surface area contributed by atoms with Gasteiger partial charge in [-0.25, -0.2) is 4.79 Å². The number of fused-ring (bicyclic) bond motifs is 1. The van der Waals surface area contributed by atoms with Crippen LogP contribution in [0.5, 0.6) is 0 Å². The molecule has 208 valence electrons. The molecular weight excluding hydrogens is 492 g/mol. The molecule has 0 bridgehead atoms. The van der Waals surface area contributed by atoms with E-state index >= 15 is 0 Å². The van der Waals surface area contributed by atoms with Gasteiger partial charge in [0.2, 0.25) is 11.8 Å². The number of carbonyl (C=O) groups excluding carboxylic acids is 2. The van der Waals surface area contributed by atoms with Crippen LogP contribution in [-0.4, -0.2) is 71.0 Å². The summed E-state index contributed by atoms with van der Waals surface area (Å²) >= 11 is 0. The van der Waals surface area contributed by atoms with Gasteiger partial charge in [0.1, 0.15) is 12.1 Å². The Morgan fingerprint density at radius 1 is 0.868 bits per heavy atom. The first-order chi connectivity index (χ1) is 18.1. The van der Waals surface area contributed by atoms with E-state index in [2.05, 4.69) is 25.6 Å². The van der Waals surface area contributed by atoms with Gasteiger partial charge in [0.15, 0.2) is 11.9 Å². The van der Waals surface area contributed by atoms with Crippen molar-refractivity contribution in [3.63, 3.8) is 0 Å². The Morgan fingerprint density at radius 2 is 1.50 bits per heavy atom. The maximum Gasteiger partial charge on any atom is 0.326 e. The van der Waals surface area contributed by atoms with Gasteiger partial charge < -0.3 is 49.4 Å². The molecule has 1 aromatic carbocycles. The second-order valence-electron chi connectivity index (χ2n) is 8.90. The third-order valence-corrected chi connectivity index (χ3v) is 5.84. The quantitative estimate of drug-likeness (QED) is 0.0699. The molecule has 2 aromatic rings. The molecule has 0 unspecified atom stereocenters. The highest BCUT2D eigenvalue weighted by molar-refractivity contribution is 5.91. The Hall–Kier alpha value is -4.33. The number of aryl methyl sites for hydroxylation is 1. The van der Waals surface area contributed by atoms with Gasteiger partial charge in [-0.15, -0.1) is 0 Å². The lowest BCUT2D eigenvalue weighted by atomic mass is 10.0. The number of aromatic amines is 1. The number of carbonyl (C=O) groups is 3. The number of aromatic nitrogens is 1. The third kappa shape index (κ3) is 10.3. The van der Waals surface area contributed by atoms with Gasteiger partial charge in [0.25, 0.3) is 0 Å². The zero-order valence-corrected chi connectivity index (χ0v) is 21.2. The molecule has 14 nitrogen and oxygen atoms in total. The Kier molecular flexibility index (Phi) is 11.8. The van der Waals surface area contributed by atoms with Gasteiger partial charge in [-0.1, -0.05) is 6.07 Å². The number of carboxylic acids is 1. The molecule has 0 radical (unpaired) electrons. The molecule has 0 spiro atoms. The summed E-state index contributed by atoms with van der Waals surface area (Å²) in [5.74, 6) is -2.51. The van der Waals surface area contributed by atoms with Crippen molar-refractivity contribution in [2.24, 2.45) is 38.7 Å². The van der Waals surface area contributed by atoms with E-state index in [1.165, 1.54) is 0 Å². The number of hydrogen-bond acceptors (Lipinski definition) is 6. The summed E-state index contributed by atoms with van der Waals surface area (Å²) in [4.78, 5) is 48.5. The van der Waals surface area contributed by atoms with Crippen LogP contribution in [-0.2, 0) is 20.8 Å². The van der Waals surface area contributed by atoms with Crippen molar-refractivity contribution in [2.45, 2.75) is 56.7 Å². The van der Waals surface area contributed by atoms with Gasteiger partial charge in [0.05, 0.1) is 6.04 Å². The number of amides is 2. The molecule has 1 heterocycles. The Labute approximate surface area is 220 Å². The van der Waals surface area contributed by atoms with E-state index in [9.17, 15) is 19.5 Å². The van der Waals surface area contributed by atoms with Crippen molar-refractivity contribution < 1.29 is 19.5 Å². The van der Waals surface area contributed by atoms with Crippen LogP contribution >= 0.6 is 0 Å². The standard InChI is InChI=1S/C24H38N10O4/c25-16(3-1-10-31-23(26)27)20(35)33-18(8-6-14-5-7-17-15(13-14)9-12-30-17)21(36)34-19(22(37)38)4-2-11-32-24(28)29/h5,7,9,12-13,16,18-19,30H,1-4,6,8,10-11,25H2,(H,33,35)(H,34,36)(H,37,38)(H4,26,27,31)(H4,28,29,32)/t16-,18+,19-/m1/s1. The van der Waals surface area contributed by atoms with Crippen LogP contribution in [0.1, 0.15) is 37.7 Å². The number of carboxylic acid groups (broad SMARTS) is 1. The molecule has 0 saturated heterocycles. The lowest BCUT2D eigenvalue weighted by Gasteiger charge is -2.23. The van der Waals surface area contributed by atoms with Crippen molar-refractivity contribution in [1.29, 1.82) is 0 Å². The minimum atomic E-state index is -1.21. The number of nitrogens with one attached hydrogen (secondary N) is 3. The summed E-state index contributed by atoms with van der Waals surface area (Å²) in [6.45, 7) is 0.535. The largest absolute Gasteiger partial charge is 0.480 e. The highest BCUT2D eigenvalue weighted by atomic mass is 16.4. The average molecular weight is 531 g/mol. The molecule has 0 fully saturated rings. The van der Waals surface area contributed by atoms with Crippen LogP contribution in [0.4, 0.5) is 0 Å². The fraction of sp³-hybridized carbons (Fsp3) is 0.458. The number of nitrogens with zero attached hydrogens (tertiary/aromatic N) is 2. The maximum absolute atomic E-state index is 13.1. The number of H-pyrrole nitrogens is 1. The second kappa shape index (κ2) is 15.0. The van der Waals surface area contributed by atoms with Crippen molar-refractivity contribution in [2.75, 3.05) is 13.1 Å². The summed E-state index contributed by atoms with van der Waals surface area (Å²) in [5.41, 5.74) is 29.1. The normalized spacial score (nSPS) is 13.2. The number of aliphatic carboxylic acids is 1. The number of aliphatic imine (C=N–C) groups is 2. The molecule has 0 saturated carbocycles. The maximum atomic E-state index is 13.1. The number of rotatable bonds is 16. The lowest BCUT2D eigenvalue weighted by molar-refractivity contribution is -0.142. The number of nitrogens with two attached hydrogens (primary N) is 5. The minimum absolute atomic E-state index is 0.0520. The highest BCUT2D eigenvalue weighted by Gasteiger charge is 2.27. The predicted octanol–water partition coefficient (Wildman–Crippen LogP) is -1.41. The average Bonchev–Trinajstić information content (AvgIpc) is 3.33. The topological polar surface area (TPSA) is 266 Å². The third-order valence-electron chi connectivity index (χ3n) is 5.84.